The molecule has 1 aliphatic heterocycles. The molecular formula is C9H11N3OS. The lowest BCUT2D eigenvalue weighted by molar-refractivity contribution is 0.220. The smallest absolute Gasteiger partial charge is 0.312 e. The van der Waals surface area contributed by atoms with Gasteiger partial charge in [0.2, 0.25) is 0 Å². The highest BCUT2D eigenvalue weighted by atomic mass is 32.1. The summed E-state index contributed by atoms with van der Waals surface area (Å²) in [5, 5.41) is 11.5. The Morgan fingerprint density at radius 2 is 2.43 bits per heavy atom. The number of hydrogen-bond donors (Lipinski definition) is 2. The number of carbonyl (C=O) groups is 1. The van der Waals surface area contributed by atoms with E-state index in [4.69, 9.17) is 5.26 Å². The number of allylic oxidation sites excluding steroid dienone is 2. The first-order valence-electron chi connectivity index (χ1n) is 4.07. The van der Waals surface area contributed by atoms with Gasteiger partial charge in [0.25, 0.3) is 0 Å². The number of nitrogens with zero attached hydrogens (tertiary/aromatic N) is 2. The Balaban J connectivity index is 3.21. The Morgan fingerprint density at radius 1 is 1.79 bits per heavy atom. The zero-order chi connectivity index (χ0) is 10.7. The van der Waals surface area contributed by atoms with Crippen LogP contribution in [0.15, 0.2) is 23.0 Å². The number of thiol groups is 1. The molecule has 0 aromatic carbocycles. The Kier molecular flexibility index (Phi) is 3.20. The summed E-state index contributed by atoms with van der Waals surface area (Å²) in [6.45, 7) is 1.78. The van der Waals surface area contributed by atoms with Crippen LogP contribution in [-0.2, 0) is 0 Å². The molecule has 0 aromatic heterocycles. The van der Waals surface area contributed by atoms with Crippen molar-refractivity contribution in [1.82, 2.24) is 10.2 Å². The van der Waals surface area contributed by atoms with Gasteiger partial charge < -0.3 is 5.32 Å². The number of amides is 2. The van der Waals surface area contributed by atoms with Gasteiger partial charge in [-0.15, -0.1) is 0 Å². The van der Waals surface area contributed by atoms with Crippen molar-refractivity contribution in [2.75, 3.05) is 12.8 Å². The molecule has 0 atom stereocenters. The third kappa shape index (κ3) is 1.91. The van der Waals surface area contributed by atoms with Gasteiger partial charge in [0.05, 0.1) is 17.3 Å². The fourth-order valence-corrected chi connectivity index (χ4v) is 1.40. The third-order valence-corrected chi connectivity index (χ3v) is 2.24. The number of hydrogen-bond acceptors (Lipinski definition) is 3. The Bertz CT molecular complexity index is 365. The van der Waals surface area contributed by atoms with Crippen LogP contribution in [0, 0.1) is 11.3 Å². The molecule has 0 spiro atoms. The van der Waals surface area contributed by atoms with Gasteiger partial charge in [-0.3, -0.25) is 4.90 Å². The molecule has 0 fully saturated rings. The van der Waals surface area contributed by atoms with Crippen molar-refractivity contribution in [3.05, 3.63) is 23.0 Å². The summed E-state index contributed by atoms with van der Waals surface area (Å²) in [4.78, 5) is 12.8. The summed E-state index contributed by atoms with van der Waals surface area (Å²) in [7, 11) is 1.62. The van der Waals surface area contributed by atoms with E-state index in [1.807, 2.05) is 6.07 Å². The van der Waals surface area contributed by atoms with Gasteiger partial charge in [-0.1, -0.05) is 0 Å². The minimum atomic E-state index is -0.227. The average molecular weight is 209 g/mol. The van der Waals surface area contributed by atoms with E-state index in [9.17, 15) is 4.79 Å². The zero-order valence-electron chi connectivity index (χ0n) is 8.03. The van der Waals surface area contributed by atoms with Crippen LogP contribution in [0.2, 0.25) is 0 Å². The van der Waals surface area contributed by atoms with Crippen LogP contribution in [0.4, 0.5) is 4.79 Å². The van der Waals surface area contributed by atoms with Crippen LogP contribution >= 0.6 is 12.6 Å². The standard InChI is InChI=1S/C9H11N3OS/c1-6-3-8(7(4-10)5-14)12(2)9(13)11-6/h3,14H,5H2,1-2H3,(H,11,13)/b8-7+. The number of carbonyl (C=O) groups excluding carboxylic acids is 1. The van der Waals surface area contributed by atoms with Crippen LogP contribution < -0.4 is 5.32 Å². The van der Waals surface area contributed by atoms with E-state index in [1.165, 1.54) is 4.90 Å². The molecule has 4 nitrogen and oxygen atoms in total. The van der Waals surface area contributed by atoms with Crippen LogP contribution in [-0.4, -0.2) is 23.7 Å². The quantitative estimate of drug-likeness (QED) is 0.504. The fraction of sp³-hybridized carbons (Fsp3) is 0.333. The zero-order valence-corrected chi connectivity index (χ0v) is 8.93. The lowest BCUT2D eigenvalue weighted by atomic mass is 10.2. The molecule has 1 N–H and O–H groups in total. The Hall–Kier alpha value is -1.41. The van der Waals surface area contributed by atoms with Gasteiger partial charge in [-0.05, 0) is 13.0 Å². The van der Waals surface area contributed by atoms with Crippen LogP contribution in [0.3, 0.4) is 0 Å². The Morgan fingerprint density at radius 3 is 2.93 bits per heavy atom. The van der Waals surface area contributed by atoms with Gasteiger partial charge >= 0.3 is 6.03 Å². The van der Waals surface area contributed by atoms with Crippen molar-refractivity contribution in [2.45, 2.75) is 6.92 Å². The Labute approximate surface area is 88.3 Å². The van der Waals surface area contributed by atoms with Gasteiger partial charge in [-0.2, -0.15) is 17.9 Å². The minimum Gasteiger partial charge on any atom is -0.312 e. The molecule has 0 aromatic rings. The molecule has 5 heteroatoms. The second-order valence-electron chi connectivity index (χ2n) is 2.95. The maximum absolute atomic E-state index is 11.4. The van der Waals surface area contributed by atoms with E-state index in [2.05, 4.69) is 17.9 Å². The molecule has 0 bridgehead atoms. The summed E-state index contributed by atoms with van der Waals surface area (Å²) in [6.07, 6.45) is 1.76. The molecule has 2 amide bonds. The summed E-state index contributed by atoms with van der Waals surface area (Å²) in [5.74, 6) is 0.327. The molecule has 0 aliphatic carbocycles. The van der Waals surface area contributed by atoms with E-state index in [-0.39, 0.29) is 6.03 Å². The van der Waals surface area contributed by atoms with Crippen molar-refractivity contribution in [2.24, 2.45) is 0 Å². The molecule has 1 heterocycles. The summed E-state index contributed by atoms with van der Waals surface area (Å²) in [6, 6.07) is 1.80. The summed E-state index contributed by atoms with van der Waals surface area (Å²) >= 11 is 4.04. The fourth-order valence-electron chi connectivity index (χ4n) is 1.16. The number of nitriles is 1. The molecule has 0 saturated heterocycles. The first-order valence-corrected chi connectivity index (χ1v) is 4.70. The first-order chi connectivity index (χ1) is 6.60. The largest absolute Gasteiger partial charge is 0.325 e. The van der Waals surface area contributed by atoms with E-state index in [0.29, 0.717) is 17.0 Å². The number of urea groups is 1. The van der Waals surface area contributed by atoms with E-state index < -0.39 is 0 Å². The van der Waals surface area contributed by atoms with E-state index in [1.54, 1.807) is 20.0 Å². The van der Waals surface area contributed by atoms with Crippen molar-refractivity contribution in [3.8, 4) is 6.07 Å². The second kappa shape index (κ2) is 4.20. The highest BCUT2D eigenvalue weighted by Crippen LogP contribution is 2.17. The highest BCUT2D eigenvalue weighted by molar-refractivity contribution is 7.80. The second-order valence-corrected chi connectivity index (χ2v) is 3.27. The SMILES string of the molecule is CC1=C/C(=C(/C#N)CS)N(C)C(=O)N1. The predicted octanol–water partition coefficient (Wildman–Crippen LogP) is 1.25. The van der Waals surface area contributed by atoms with Crippen molar-refractivity contribution in [1.29, 1.82) is 5.26 Å². The van der Waals surface area contributed by atoms with E-state index >= 15 is 0 Å². The number of likely N-dealkylation sites (N-methyl/N-ethyl adjacent to an activating group) is 1. The minimum absolute atomic E-state index is 0.227. The lowest BCUT2D eigenvalue weighted by Gasteiger charge is -2.25. The molecule has 0 unspecified atom stereocenters. The van der Waals surface area contributed by atoms with Crippen LogP contribution in [0.5, 0.6) is 0 Å². The maximum Gasteiger partial charge on any atom is 0.325 e. The van der Waals surface area contributed by atoms with Crippen molar-refractivity contribution >= 4 is 18.7 Å². The monoisotopic (exact) mass is 209 g/mol. The average Bonchev–Trinajstić information content (AvgIpc) is 2.15. The normalized spacial score (nSPS) is 19.7. The van der Waals surface area contributed by atoms with Gasteiger partial charge in [0.1, 0.15) is 0 Å². The van der Waals surface area contributed by atoms with Gasteiger partial charge in [0.15, 0.2) is 0 Å². The maximum atomic E-state index is 11.4. The number of nitrogens with one attached hydrogen (secondary N) is 1. The van der Waals surface area contributed by atoms with E-state index in [0.717, 1.165) is 5.70 Å². The van der Waals surface area contributed by atoms with Gasteiger partial charge in [-0.25, -0.2) is 4.79 Å². The van der Waals surface area contributed by atoms with Crippen molar-refractivity contribution < 1.29 is 4.79 Å². The van der Waals surface area contributed by atoms with Gasteiger partial charge in [0, 0.05) is 18.5 Å². The molecule has 14 heavy (non-hydrogen) atoms. The predicted molar refractivity (Wildman–Crippen MR) is 56.5 cm³/mol. The number of rotatable bonds is 1. The molecular weight excluding hydrogens is 198 g/mol. The summed E-state index contributed by atoms with van der Waals surface area (Å²) in [5.41, 5.74) is 1.84. The topological polar surface area (TPSA) is 56.1 Å². The summed E-state index contributed by atoms with van der Waals surface area (Å²) < 4.78 is 0. The molecule has 0 saturated carbocycles. The molecule has 74 valence electrons. The molecule has 1 aliphatic rings. The van der Waals surface area contributed by atoms with Crippen molar-refractivity contribution in [3.63, 3.8) is 0 Å². The molecule has 1 rings (SSSR count). The first kappa shape index (κ1) is 10.7. The highest BCUT2D eigenvalue weighted by Gasteiger charge is 2.20. The third-order valence-electron chi connectivity index (χ3n) is 1.93. The van der Waals surface area contributed by atoms with Crippen LogP contribution in [0.25, 0.3) is 0 Å². The van der Waals surface area contributed by atoms with Crippen LogP contribution in [0.1, 0.15) is 6.92 Å². The lowest BCUT2D eigenvalue weighted by Crippen LogP contribution is -2.39. The molecule has 0 radical (unpaired) electrons.